The molecule has 154 valence electrons. The Balaban J connectivity index is 0.00000676. The molecule has 1 aliphatic heterocycles. The molecular weight excluding hydrogens is 392 g/mol. The van der Waals surface area contributed by atoms with Crippen LogP contribution in [0.15, 0.2) is 0 Å². The summed E-state index contributed by atoms with van der Waals surface area (Å²) in [4.78, 5) is 28.1. The quantitative estimate of drug-likeness (QED) is 0.199. The minimum Gasteiger partial charge on any atom is -0.338 e. The van der Waals surface area contributed by atoms with Gasteiger partial charge in [0.2, 0.25) is 0 Å². The van der Waals surface area contributed by atoms with E-state index in [9.17, 15) is 9.59 Å². The normalized spacial score (nSPS) is 13.7. The summed E-state index contributed by atoms with van der Waals surface area (Å²) < 4.78 is 0. The fourth-order valence-corrected chi connectivity index (χ4v) is 3.53. The Labute approximate surface area is 179 Å². The Morgan fingerprint density at radius 3 is 1.67 bits per heavy atom. The maximum Gasteiger partial charge on any atom is 0.332 e. The smallest absolute Gasteiger partial charge is 0.332 e. The van der Waals surface area contributed by atoms with Gasteiger partial charge in [-0.15, -0.1) is 0 Å². The Morgan fingerprint density at radius 1 is 0.815 bits per heavy atom. The zero-order valence-electron chi connectivity index (χ0n) is 17.8. The number of carbonyl (C=O) groups excluding carboxylic acids is 2. The van der Waals surface area contributed by atoms with Crippen molar-refractivity contribution >= 4 is 11.9 Å². The van der Waals surface area contributed by atoms with Crippen LogP contribution >= 0.6 is 0 Å². The van der Waals surface area contributed by atoms with Gasteiger partial charge in [0, 0.05) is 32.3 Å². The molecule has 1 fully saturated rings. The predicted molar refractivity (Wildman–Crippen MR) is 107 cm³/mol. The minimum absolute atomic E-state index is 0. The number of hydrogen-bond acceptors (Lipinski definition) is 3. The van der Waals surface area contributed by atoms with Gasteiger partial charge < -0.3 is 4.84 Å². The second kappa shape index (κ2) is 18.9. The summed E-state index contributed by atoms with van der Waals surface area (Å²) in [6.07, 6.45) is 21.5. The van der Waals surface area contributed by atoms with Crippen LogP contribution in [-0.2, 0) is 33.9 Å². The topological polar surface area (TPSA) is 46.6 Å². The van der Waals surface area contributed by atoms with Gasteiger partial charge in [0.15, 0.2) is 0 Å². The van der Waals surface area contributed by atoms with E-state index < -0.39 is 0 Å². The number of rotatable bonds is 17. The Morgan fingerprint density at radius 2 is 1.26 bits per heavy atom. The van der Waals surface area contributed by atoms with E-state index in [2.05, 4.69) is 6.92 Å². The van der Waals surface area contributed by atoms with Crippen LogP contribution in [0.4, 0.5) is 0 Å². The first kappa shape index (κ1) is 26.6. The van der Waals surface area contributed by atoms with Crippen LogP contribution in [0.25, 0.3) is 0 Å². The molecule has 0 atom stereocenters. The summed E-state index contributed by atoms with van der Waals surface area (Å²) >= 11 is 0. The van der Waals surface area contributed by atoms with Gasteiger partial charge in [-0.2, -0.15) is 5.06 Å². The number of nitrogens with zero attached hydrogens (tertiary/aromatic N) is 1. The van der Waals surface area contributed by atoms with E-state index in [-0.39, 0.29) is 31.4 Å². The van der Waals surface area contributed by atoms with Crippen molar-refractivity contribution in [1.29, 1.82) is 0 Å². The van der Waals surface area contributed by atoms with Gasteiger partial charge in [-0.25, -0.2) is 4.79 Å². The van der Waals surface area contributed by atoms with Crippen LogP contribution in [-0.4, -0.2) is 23.5 Å². The molecule has 0 unspecified atom stereocenters. The number of hydrogen-bond donors (Lipinski definition) is 0. The standard InChI is InChI=1S/C22H41NO3.Zn/c1-2-3-4-5-6-7-8-9-10-11-12-13-14-15-16-19-22(25)26-23-20-17-18-21(23)24;/h2-20H2,1H3;. The maximum atomic E-state index is 11.7. The van der Waals surface area contributed by atoms with Crippen LogP contribution in [0.5, 0.6) is 0 Å². The van der Waals surface area contributed by atoms with Crippen molar-refractivity contribution in [3.05, 3.63) is 0 Å². The van der Waals surface area contributed by atoms with Crippen LogP contribution in [0.1, 0.15) is 122 Å². The van der Waals surface area contributed by atoms with Crippen molar-refractivity contribution in [2.45, 2.75) is 122 Å². The fourth-order valence-electron chi connectivity index (χ4n) is 3.53. The molecule has 0 bridgehead atoms. The van der Waals surface area contributed by atoms with Gasteiger partial charge in [-0.3, -0.25) is 4.79 Å². The first-order valence-electron chi connectivity index (χ1n) is 11.2. The molecule has 1 amide bonds. The average Bonchev–Trinajstić information content (AvgIpc) is 3.03. The molecule has 0 spiro atoms. The zero-order chi connectivity index (χ0) is 18.9. The monoisotopic (exact) mass is 431 g/mol. The molecule has 4 nitrogen and oxygen atoms in total. The third kappa shape index (κ3) is 15.2. The number of hydroxylamine groups is 2. The number of amides is 1. The second-order valence-corrected chi connectivity index (χ2v) is 7.76. The molecule has 5 heteroatoms. The average molecular weight is 433 g/mol. The number of unbranched alkanes of at least 4 members (excludes halogenated alkanes) is 14. The van der Waals surface area contributed by atoms with Gasteiger partial charge in [0.1, 0.15) is 0 Å². The van der Waals surface area contributed by atoms with Crippen molar-refractivity contribution in [3.8, 4) is 0 Å². The summed E-state index contributed by atoms with van der Waals surface area (Å²) in [7, 11) is 0. The first-order chi connectivity index (χ1) is 12.7. The predicted octanol–water partition coefficient (Wildman–Crippen LogP) is 6.33. The molecule has 0 aromatic carbocycles. The summed E-state index contributed by atoms with van der Waals surface area (Å²) in [5.41, 5.74) is 0. The maximum absolute atomic E-state index is 11.7. The van der Waals surface area contributed by atoms with Gasteiger partial charge in [0.25, 0.3) is 5.91 Å². The molecule has 1 heterocycles. The second-order valence-electron chi connectivity index (χ2n) is 7.76. The Kier molecular flexibility index (Phi) is 18.6. The molecule has 1 saturated heterocycles. The first-order valence-corrected chi connectivity index (χ1v) is 11.2. The summed E-state index contributed by atoms with van der Waals surface area (Å²) in [6, 6.07) is 0. The van der Waals surface area contributed by atoms with Gasteiger partial charge in [-0.1, -0.05) is 96.8 Å². The summed E-state index contributed by atoms with van der Waals surface area (Å²) in [5.74, 6) is -0.315. The van der Waals surface area contributed by atoms with Crippen molar-refractivity contribution < 1.29 is 33.9 Å². The molecule has 0 saturated carbocycles. The van der Waals surface area contributed by atoms with E-state index in [1.54, 1.807) is 0 Å². The van der Waals surface area contributed by atoms with E-state index in [1.807, 2.05) is 0 Å². The van der Waals surface area contributed by atoms with E-state index in [0.29, 0.717) is 19.4 Å². The van der Waals surface area contributed by atoms with E-state index in [1.165, 1.54) is 88.5 Å². The summed E-state index contributed by atoms with van der Waals surface area (Å²) in [6.45, 7) is 2.83. The van der Waals surface area contributed by atoms with Gasteiger partial charge >= 0.3 is 5.97 Å². The van der Waals surface area contributed by atoms with E-state index in [4.69, 9.17) is 4.84 Å². The molecule has 27 heavy (non-hydrogen) atoms. The molecule has 0 aromatic rings. The third-order valence-electron chi connectivity index (χ3n) is 5.23. The van der Waals surface area contributed by atoms with Crippen molar-refractivity contribution in [2.75, 3.05) is 6.54 Å². The minimum atomic E-state index is -0.255. The molecule has 1 aliphatic rings. The van der Waals surface area contributed by atoms with Gasteiger partial charge in [-0.05, 0) is 12.8 Å². The van der Waals surface area contributed by atoms with Crippen molar-refractivity contribution in [1.82, 2.24) is 5.06 Å². The number of carbonyl (C=O) groups is 2. The fraction of sp³-hybridized carbons (Fsp3) is 0.909. The largest absolute Gasteiger partial charge is 0.338 e. The van der Waals surface area contributed by atoms with Crippen LogP contribution in [0.3, 0.4) is 0 Å². The SMILES string of the molecule is CCCCCCCCCCCCCCCCCC(=O)ON1CCCC1=O.[Zn]. The van der Waals surface area contributed by atoms with E-state index >= 15 is 0 Å². The molecule has 1 rings (SSSR count). The van der Waals surface area contributed by atoms with Crippen molar-refractivity contribution in [2.24, 2.45) is 0 Å². The van der Waals surface area contributed by atoms with Crippen LogP contribution < -0.4 is 0 Å². The Hall–Kier alpha value is -0.437. The molecule has 0 radical (unpaired) electrons. The van der Waals surface area contributed by atoms with Crippen LogP contribution in [0.2, 0.25) is 0 Å². The van der Waals surface area contributed by atoms with Crippen molar-refractivity contribution in [3.63, 3.8) is 0 Å². The van der Waals surface area contributed by atoms with Gasteiger partial charge in [0.05, 0.1) is 6.54 Å². The summed E-state index contributed by atoms with van der Waals surface area (Å²) in [5, 5.41) is 1.23. The molecular formula is C22H41NO3Zn. The molecule has 0 aliphatic carbocycles. The zero-order valence-corrected chi connectivity index (χ0v) is 20.8. The third-order valence-corrected chi connectivity index (χ3v) is 5.23. The molecule has 0 aromatic heterocycles. The Bertz CT molecular complexity index is 377. The molecule has 0 N–H and O–H groups in total. The van der Waals surface area contributed by atoms with Crippen LogP contribution in [0, 0.1) is 0 Å². The van der Waals surface area contributed by atoms with E-state index in [0.717, 1.165) is 19.3 Å².